The predicted octanol–water partition coefficient (Wildman–Crippen LogP) is 1.43. The molecule has 26 heavy (non-hydrogen) atoms. The summed E-state index contributed by atoms with van der Waals surface area (Å²) in [6, 6.07) is 6.12. The third kappa shape index (κ3) is 5.05. The van der Waals surface area contributed by atoms with Crippen molar-refractivity contribution in [1.82, 2.24) is 10.6 Å². The van der Waals surface area contributed by atoms with Crippen LogP contribution >= 0.6 is 0 Å². The summed E-state index contributed by atoms with van der Waals surface area (Å²) in [5.74, 6) is -0.551. The lowest BCUT2D eigenvalue weighted by Gasteiger charge is -2.18. The standard InChI is InChI=1S/C18H24N4O4/c1-3-26-16(23)8-10-20-18(25)21-15-9-11-22(17(15)24)14-6-4-13(5-7-14)12(2)19/h4-7,15,19H,3,8-11H2,1-2H3,(H2,20,21,25)/t15-/m0/s1. The molecule has 0 unspecified atom stereocenters. The van der Waals surface area contributed by atoms with E-state index in [2.05, 4.69) is 10.6 Å². The molecule has 0 aromatic heterocycles. The van der Waals surface area contributed by atoms with Crippen molar-refractivity contribution in [3.63, 3.8) is 0 Å². The highest BCUT2D eigenvalue weighted by Gasteiger charge is 2.33. The van der Waals surface area contributed by atoms with E-state index in [4.69, 9.17) is 10.1 Å². The van der Waals surface area contributed by atoms with Crippen molar-refractivity contribution in [3.8, 4) is 0 Å². The highest BCUT2D eigenvalue weighted by molar-refractivity contribution is 6.02. The summed E-state index contributed by atoms with van der Waals surface area (Å²) in [5, 5.41) is 12.8. The zero-order valence-electron chi connectivity index (χ0n) is 15.0. The number of urea groups is 1. The second-order valence-corrected chi connectivity index (χ2v) is 5.96. The Labute approximate surface area is 152 Å². The average molecular weight is 360 g/mol. The topological polar surface area (TPSA) is 112 Å². The average Bonchev–Trinajstić information content (AvgIpc) is 2.96. The molecule has 8 nitrogen and oxygen atoms in total. The van der Waals surface area contributed by atoms with Crippen molar-refractivity contribution in [3.05, 3.63) is 29.8 Å². The van der Waals surface area contributed by atoms with Gasteiger partial charge in [-0.1, -0.05) is 12.1 Å². The Hall–Kier alpha value is -2.90. The van der Waals surface area contributed by atoms with Crippen LogP contribution < -0.4 is 15.5 Å². The van der Waals surface area contributed by atoms with Crippen LogP contribution in [0.2, 0.25) is 0 Å². The zero-order chi connectivity index (χ0) is 19.1. The number of hydrogen-bond acceptors (Lipinski definition) is 5. The first-order valence-corrected chi connectivity index (χ1v) is 8.59. The van der Waals surface area contributed by atoms with Gasteiger partial charge in [0.2, 0.25) is 5.91 Å². The van der Waals surface area contributed by atoms with Crippen LogP contribution in [-0.4, -0.2) is 49.4 Å². The van der Waals surface area contributed by atoms with E-state index in [0.29, 0.717) is 25.3 Å². The maximum absolute atomic E-state index is 12.5. The molecule has 1 aliphatic heterocycles. The van der Waals surface area contributed by atoms with Crippen LogP contribution in [0.5, 0.6) is 0 Å². The number of ether oxygens (including phenoxy) is 1. The molecule has 1 aromatic carbocycles. The van der Waals surface area contributed by atoms with Gasteiger partial charge in [0.1, 0.15) is 6.04 Å². The third-order valence-corrected chi connectivity index (χ3v) is 4.04. The van der Waals surface area contributed by atoms with Crippen LogP contribution in [0.25, 0.3) is 0 Å². The van der Waals surface area contributed by atoms with Crippen molar-refractivity contribution < 1.29 is 19.1 Å². The van der Waals surface area contributed by atoms with Gasteiger partial charge in [-0.2, -0.15) is 0 Å². The van der Waals surface area contributed by atoms with Gasteiger partial charge in [-0.05, 0) is 38.0 Å². The van der Waals surface area contributed by atoms with Crippen molar-refractivity contribution in [2.45, 2.75) is 32.7 Å². The van der Waals surface area contributed by atoms with E-state index in [1.54, 1.807) is 43.0 Å². The first kappa shape index (κ1) is 19.4. The Morgan fingerprint density at radius 1 is 1.31 bits per heavy atom. The molecule has 1 heterocycles. The largest absolute Gasteiger partial charge is 0.466 e. The molecular formula is C18H24N4O4. The molecule has 0 bridgehead atoms. The number of anilines is 1. The number of nitrogens with zero attached hydrogens (tertiary/aromatic N) is 1. The van der Waals surface area contributed by atoms with E-state index in [0.717, 1.165) is 11.3 Å². The summed E-state index contributed by atoms with van der Waals surface area (Å²) in [7, 11) is 0. The Kier molecular flexibility index (Phi) is 6.71. The second-order valence-electron chi connectivity index (χ2n) is 5.96. The number of benzene rings is 1. The maximum Gasteiger partial charge on any atom is 0.315 e. The molecule has 0 aliphatic carbocycles. The monoisotopic (exact) mass is 360 g/mol. The van der Waals surface area contributed by atoms with Crippen LogP contribution in [0.15, 0.2) is 24.3 Å². The first-order valence-electron chi connectivity index (χ1n) is 8.59. The van der Waals surface area contributed by atoms with Crippen LogP contribution in [0.3, 0.4) is 0 Å². The van der Waals surface area contributed by atoms with E-state index in [-0.39, 0.29) is 24.8 Å². The number of esters is 1. The summed E-state index contributed by atoms with van der Waals surface area (Å²) in [6.07, 6.45) is 0.597. The number of hydrogen-bond donors (Lipinski definition) is 3. The van der Waals surface area contributed by atoms with Gasteiger partial charge in [0.25, 0.3) is 0 Å². The Morgan fingerprint density at radius 2 is 2.00 bits per heavy atom. The van der Waals surface area contributed by atoms with Crippen molar-refractivity contribution in [1.29, 1.82) is 5.41 Å². The Balaban J connectivity index is 1.83. The molecular weight excluding hydrogens is 336 g/mol. The van der Waals surface area contributed by atoms with E-state index < -0.39 is 12.1 Å². The fraction of sp³-hybridized carbons (Fsp3) is 0.444. The molecule has 0 saturated carbocycles. The number of amides is 3. The molecule has 1 atom stereocenters. The van der Waals surface area contributed by atoms with Crippen LogP contribution in [0, 0.1) is 5.41 Å². The first-order chi connectivity index (χ1) is 12.4. The molecule has 1 aromatic rings. The lowest BCUT2D eigenvalue weighted by molar-refractivity contribution is -0.142. The molecule has 0 spiro atoms. The summed E-state index contributed by atoms with van der Waals surface area (Å²) in [4.78, 5) is 37.2. The minimum atomic E-state index is -0.596. The van der Waals surface area contributed by atoms with Crippen LogP contribution in [0.1, 0.15) is 32.3 Å². The summed E-state index contributed by atoms with van der Waals surface area (Å²) in [6.45, 7) is 4.39. The zero-order valence-corrected chi connectivity index (χ0v) is 15.0. The lowest BCUT2D eigenvalue weighted by atomic mass is 10.1. The normalized spacial score (nSPS) is 16.3. The third-order valence-electron chi connectivity index (χ3n) is 4.04. The van der Waals surface area contributed by atoms with Crippen LogP contribution in [-0.2, 0) is 14.3 Å². The SMILES string of the molecule is CCOC(=O)CCNC(=O)N[C@H]1CCN(c2ccc(C(C)=N)cc2)C1=O. The van der Waals surface area contributed by atoms with Gasteiger partial charge >= 0.3 is 12.0 Å². The molecule has 2 rings (SSSR count). The summed E-state index contributed by atoms with van der Waals surface area (Å²) in [5.41, 5.74) is 2.01. The van der Waals surface area contributed by atoms with Crippen molar-refractivity contribution >= 4 is 29.3 Å². The number of carbonyl (C=O) groups is 3. The molecule has 3 amide bonds. The number of nitrogens with one attached hydrogen (secondary N) is 3. The van der Waals surface area contributed by atoms with E-state index >= 15 is 0 Å². The molecule has 1 fully saturated rings. The van der Waals surface area contributed by atoms with E-state index in [9.17, 15) is 14.4 Å². The van der Waals surface area contributed by atoms with Gasteiger partial charge < -0.3 is 25.7 Å². The summed E-state index contributed by atoms with van der Waals surface area (Å²) >= 11 is 0. The van der Waals surface area contributed by atoms with Gasteiger partial charge in [0.15, 0.2) is 0 Å². The van der Waals surface area contributed by atoms with Gasteiger partial charge in [0.05, 0.1) is 13.0 Å². The molecule has 0 radical (unpaired) electrons. The smallest absolute Gasteiger partial charge is 0.315 e. The quantitative estimate of drug-likeness (QED) is 0.504. The van der Waals surface area contributed by atoms with Crippen molar-refractivity contribution in [2.75, 3.05) is 24.6 Å². The maximum atomic E-state index is 12.5. The number of carbonyl (C=O) groups excluding carboxylic acids is 3. The fourth-order valence-corrected chi connectivity index (χ4v) is 2.68. The Bertz CT molecular complexity index is 687. The van der Waals surface area contributed by atoms with Gasteiger partial charge in [-0.3, -0.25) is 9.59 Å². The van der Waals surface area contributed by atoms with E-state index in [1.165, 1.54) is 0 Å². The molecule has 1 aliphatic rings. The van der Waals surface area contributed by atoms with E-state index in [1.807, 2.05) is 0 Å². The lowest BCUT2D eigenvalue weighted by Crippen LogP contribution is -2.46. The Morgan fingerprint density at radius 3 is 2.62 bits per heavy atom. The van der Waals surface area contributed by atoms with Gasteiger partial charge in [-0.15, -0.1) is 0 Å². The summed E-state index contributed by atoms with van der Waals surface area (Å²) < 4.78 is 4.78. The van der Waals surface area contributed by atoms with Crippen LogP contribution in [0.4, 0.5) is 10.5 Å². The molecule has 140 valence electrons. The fourth-order valence-electron chi connectivity index (χ4n) is 2.68. The van der Waals surface area contributed by atoms with Gasteiger partial charge in [0, 0.05) is 24.5 Å². The highest BCUT2D eigenvalue weighted by atomic mass is 16.5. The minimum absolute atomic E-state index is 0.0881. The molecule has 3 N–H and O–H groups in total. The predicted molar refractivity (Wildman–Crippen MR) is 97.5 cm³/mol. The minimum Gasteiger partial charge on any atom is -0.466 e. The second kappa shape index (κ2) is 8.98. The van der Waals surface area contributed by atoms with Crippen molar-refractivity contribution in [2.24, 2.45) is 0 Å². The molecule has 1 saturated heterocycles. The van der Waals surface area contributed by atoms with Gasteiger partial charge in [-0.25, -0.2) is 4.79 Å². The number of rotatable bonds is 7. The highest BCUT2D eigenvalue weighted by Crippen LogP contribution is 2.22. The molecule has 8 heteroatoms.